The second kappa shape index (κ2) is 9.06. The number of esters is 2. The third-order valence-electron chi connectivity index (χ3n) is 5.58. The summed E-state index contributed by atoms with van der Waals surface area (Å²) in [5.41, 5.74) is 3.85. The Morgan fingerprint density at radius 2 is 1.66 bits per heavy atom. The number of benzene rings is 3. The third kappa shape index (κ3) is 4.39. The van der Waals surface area contributed by atoms with Crippen LogP contribution in [0.5, 0.6) is 5.75 Å². The molecule has 0 N–H and O–H groups in total. The normalized spacial score (nSPS) is 13.4. The van der Waals surface area contributed by atoms with Crippen molar-refractivity contribution < 1.29 is 23.9 Å². The Hall–Kier alpha value is -3.93. The molecular weight excluding hydrogens is 406 g/mol. The number of rotatable bonds is 6. The van der Waals surface area contributed by atoms with E-state index in [4.69, 9.17) is 9.47 Å². The van der Waals surface area contributed by atoms with Gasteiger partial charge in [-0.15, -0.1) is 0 Å². The van der Waals surface area contributed by atoms with Gasteiger partial charge in [-0.3, -0.25) is 9.59 Å². The molecule has 0 saturated heterocycles. The maximum absolute atomic E-state index is 13.0. The van der Waals surface area contributed by atoms with Crippen molar-refractivity contribution in [3.8, 4) is 5.75 Å². The highest BCUT2D eigenvalue weighted by molar-refractivity contribution is 5.98. The molecule has 0 radical (unpaired) electrons. The van der Waals surface area contributed by atoms with Crippen molar-refractivity contribution in [3.63, 3.8) is 0 Å². The van der Waals surface area contributed by atoms with Crippen LogP contribution in [0.1, 0.15) is 49.9 Å². The molecule has 1 atom stereocenters. The number of hydrogen-bond acceptors (Lipinski definition) is 5. The molecule has 1 aliphatic rings. The molecule has 3 aromatic carbocycles. The number of ether oxygens (including phenoxy) is 2. The maximum Gasteiger partial charge on any atom is 0.343 e. The van der Waals surface area contributed by atoms with Gasteiger partial charge in [0, 0.05) is 12.1 Å². The van der Waals surface area contributed by atoms with Crippen LogP contribution in [0.25, 0.3) is 0 Å². The summed E-state index contributed by atoms with van der Waals surface area (Å²) in [5, 5.41) is 0. The zero-order valence-electron chi connectivity index (χ0n) is 17.9. The van der Waals surface area contributed by atoms with Crippen molar-refractivity contribution in [1.82, 2.24) is 4.90 Å². The lowest BCUT2D eigenvalue weighted by atomic mass is 10.0. The molecule has 0 bridgehead atoms. The Bertz CT molecular complexity index is 1150. The van der Waals surface area contributed by atoms with Crippen molar-refractivity contribution in [2.45, 2.75) is 25.9 Å². The van der Waals surface area contributed by atoms with E-state index in [1.54, 1.807) is 47.4 Å². The summed E-state index contributed by atoms with van der Waals surface area (Å²) >= 11 is 0. The zero-order valence-corrected chi connectivity index (χ0v) is 17.9. The third-order valence-corrected chi connectivity index (χ3v) is 5.58. The van der Waals surface area contributed by atoms with Crippen LogP contribution < -0.4 is 4.74 Å². The van der Waals surface area contributed by atoms with E-state index in [2.05, 4.69) is 0 Å². The molecule has 0 aromatic heterocycles. The predicted molar refractivity (Wildman–Crippen MR) is 118 cm³/mol. The fourth-order valence-electron chi connectivity index (χ4n) is 3.79. The first-order valence-corrected chi connectivity index (χ1v) is 10.3. The number of fused-ring (bicyclic) bond motifs is 1. The van der Waals surface area contributed by atoms with E-state index in [0.717, 1.165) is 16.7 Å². The van der Waals surface area contributed by atoms with Crippen LogP contribution in [0.2, 0.25) is 0 Å². The SMILES string of the molecule is COC(=O)C[C@H](c1ccc(OC(=O)c2ccc(C)cc2)cc1)N1Cc2ccccc2C1=O. The van der Waals surface area contributed by atoms with Gasteiger partial charge in [0.05, 0.1) is 25.1 Å². The van der Waals surface area contributed by atoms with E-state index in [1.807, 2.05) is 37.3 Å². The minimum Gasteiger partial charge on any atom is -0.469 e. The average Bonchev–Trinajstić information content (AvgIpc) is 3.14. The summed E-state index contributed by atoms with van der Waals surface area (Å²) in [5.74, 6) is -0.598. The number of methoxy groups -OCH3 is 1. The van der Waals surface area contributed by atoms with Gasteiger partial charge in [0.15, 0.2) is 0 Å². The molecule has 0 aliphatic carbocycles. The topological polar surface area (TPSA) is 72.9 Å². The number of carbonyl (C=O) groups excluding carboxylic acids is 3. The Kier molecular flexibility index (Phi) is 6.03. The summed E-state index contributed by atoms with van der Waals surface area (Å²) in [6.07, 6.45) is 0.0265. The molecular formula is C26H23NO5. The van der Waals surface area contributed by atoms with Gasteiger partial charge in [0.25, 0.3) is 5.91 Å². The minimum atomic E-state index is -0.496. The molecule has 0 saturated carbocycles. The number of hydrogen-bond donors (Lipinski definition) is 0. The van der Waals surface area contributed by atoms with E-state index >= 15 is 0 Å². The van der Waals surface area contributed by atoms with E-state index in [1.165, 1.54) is 7.11 Å². The van der Waals surface area contributed by atoms with Crippen LogP contribution in [-0.2, 0) is 16.1 Å². The van der Waals surface area contributed by atoms with E-state index < -0.39 is 18.0 Å². The van der Waals surface area contributed by atoms with Gasteiger partial charge in [-0.2, -0.15) is 0 Å². The number of nitrogens with zero attached hydrogens (tertiary/aromatic N) is 1. The molecule has 162 valence electrons. The van der Waals surface area contributed by atoms with E-state index in [9.17, 15) is 14.4 Å². The second-order valence-electron chi connectivity index (χ2n) is 7.71. The van der Waals surface area contributed by atoms with Crippen LogP contribution in [-0.4, -0.2) is 29.9 Å². The largest absolute Gasteiger partial charge is 0.469 e. The van der Waals surface area contributed by atoms with Crippen molar-refractivity contribution in [1.29, 1.82) is 0 Å². The molecule has 1 amide bonds. The van der Waals surface area contributed by atoms with Crippen LogP contribution in [0.4, 0.5) is 0 Å². The zero-order chi connectivity index (χ0) is 22.7. The maximum atomic E-state index is 13.0. The highest BCUT2D eigenvalue weighted by Crippen LogP contribution is 2.34. The Balaban J connectivity index is 1.54. The molecule has 1 aliphatic heterocycles. The molecule has 0 spiro atoms. The number of carbonyl (C=O) groups is 3. The lowest BCUT2D eigenvalue weighted by molar-refractivity contribution is -0.141. The smallest absolute Gasteiger partial charge is 0.343 e. The lowest BCUT2D eigenvalue weighted by Gasteiger charge is -2.27. The van der Waals surface area contributed by atoms with Crippen LogP contribution in [0.3, 0.4) is 0 Å². The van der Waals surface area contributed by atoms with Gasteiger partial charge in [-0.05, 0) is 48.4 Å². The second-order valence-corrected chi connectivity index (χ2v) is 7.71. The molecule has 0 fully saturated rings. The van der Waals surface area contributed by atoms with Crippen molar-refractivity contribution in [3.05, 3.63) is 101 Å². The predicted octanol–water partition coefficient (Wildman–Crippen LogP) is 4.47. The molecule has 4 rings (SSSR count). The molecule has 1 heterocycles. The molecule has 3 aromatic rings. The van der Waals surface area contributed by atoms with Crippen molar-refractivity contribution >= 4 is 17.8 Å². The van der Waals surface area contributed by atoms with Gasteiger partial charge in [0.1, 0.15) is 5.75 Å². The summed E-state index contributed by atoms with van der Waals surface area (Å²) < 4.78 is 10.3. The quantitative estimate of drug-likeness (QED) is 0.427. The van der Waals surface area contributed by atoms with Gasteiger partial charge in [0.2, 0.25) is 0 Å². The summed E-state index contributed by atoms with van der Waals surface area (Å²) in [7, 11) is 1.33. The van der Waals surface area contributed by atoms with E-state index in [-0.39, 0.29) is 12.3 Å². The lowest BCUT2D eigenvalue weighted by Crippen LogP contribution is -2.31. The minimum absolute atomic E-state index is 0.0265. The first-order chi connectivity index (χ1) is 15.5. The Morgan fingerprint density at radius 1 is 0.969 bits per heavy atom. The van der Waals surface area contributed by atoms with Gasteiger partial charge < -0.3 is 14.4 Å². The highest BCUT2D eigenvalue weighted by Gasteiger charge is 2.34. The molecule has 6 heteroatoms. The molecule has 6 nitrogen and oxygen atoms in total. The Morgan fingerprint density at radius 3 is 2.31 bits per heavy atom. The summed E-state index contributed by atoms with van der Waals surface area (Å²) in [6, 6.07) is 20.9. The molecule has 32 heavy (non-hydrogen) atoms. The first-order valence-electron chi connectivity index (χ1n) is 10.3. The first kappa shape index (κ1) is 21.3. The highest BCUT2D eigenvalue weighted by atomic mass is 16.5. The van der Waals surface area contributed by atoms with Crippen molar-refractivity contribution in [2.24, 2.45) is 0 Å². The van der Waals surface area contributed by atoms with Crippen LogP contribution in [0.15, 0.2) is 72.8 Å². The van der Waals surface area contributed by atoms with Gasteiger partial charge >= 0.3 is 11.9 Å². The number of amides is 1. The van der Waals surface area contributed by atoms with Gasteiger partial charge in [-0.25, -0.2) is 4.79 Å². The van der Waals surface area contributed by atoms with Gasteiger partial charge in [-0.1, -0.05) is 48.0 Å². The average molecular weight is 429 g/mol. The van der Waals surface area contributed by atoms with E-state index in [0.29, 0.717) is 23.4 Å². The fraction of sp³-hybridized carbons (Fsp3) is 0.192. The Labute approximate surface area is 186 Å². The summed E-state index contributed by atoms with van der Waals surface area (Å²) in [6.45, 7) is 2.36. The summed E-state index contributed by atoms with van der Waals surface area (Å²) in [4.78, 5) is 39.1. The monoisotopic (exact) mass is 429 g/mol. The number of aryl methyl sites for hydroxylation is 1. The fourth-order valence-corrected chi connectivity index (χ4v) is 3.79. The molecule has 0 unspecified atom stereocenters. The van der Waals surface area contributed by atoms with Crippen LogP contribution in [0, 0.1) is 6.92 Å². The standard InChI is InChI=1S/C26H23NO5/c1-17-7-9-19(10-8-17)26(30)32-21-13-11-18(12-14-21)23(15-24(28)31-2)27-16-20-5-3-4-6-22(20)25(27)29/h3-14,23H,15-16H2,1-2H3/t23-/m1/s1. The van der Waals surface area contributed by atoms with Crippen molar-refractivity contribution in [2.75, 3.05) is 7.11 Å². The van der Waals surface area contributed by atoms with Crippen LogP contribution >= 0.6 is 0 Å².